The van der Waals surface area contributed by atoms with Gasteiger partial charge in [-0.1, -0.05) is 0 Å². The number of nitrogens with zero attached hydrogens (tertiary/aromatic N) is 3. The highest BCUT2D eigenvalue weighted by atomic mass is 32.1. The molecule has 1 fully saturated rings. The average molecular weight is 453 g/mol. The summed E-state index contributed by atoms with van der Waals surface area (Å²) in [5.41, 5.74) is 1.56. The molecule has 9 heteroatoms. The van der Waals surface area contributed by atoms with Crippen LogP contribution in [0.3, 0.4) is 0 Å². The van der Waals surface area contributed by atoms with E-state index in [1.54, 1.807) is 24.1 Å². The highest BCUT2D eigenvalue weighted by molar-refractivity contribution is 7.17. The molecule has 0 radical (unpaired) electrons. The Hall–Kier alpha value is -3.33. The van der Waals surface area contributed by atoms with E-state index in [9.17, 15) is 9.59 Å². The third-order valence-electron chi connectivity index (χ3n) is 5.73. The first-order chi connectivity index (χ1) is 15.6. The van der Waals surface area contributed by atoms with Crippen LogP contribution in [0.5, 0.6) is 11.5 Å². The van der Waals surface area contributed by atoms with Gasteiger partial charge in [-0.15, -0.1) is 11.3 Å². The van der Waals surface area contributed by atoms with Gasteiger partial charge in [0, 0.05) is 37.3 Å². The summed E-state index contributed by atoms with van der Waals surface area (Å²) in [4.78, 5) is 29.0. The minimum absolute atomic E-state index is 0.0378. The first kappa shape index (κ1) is 20.6. The van der Waals surface area contributed by atoms with Crippen LogP contribution in [0.4, 0.5) is 0 Å². The molecule has 2 aliphatic heterocycles. The summed E-state index contributed by atoms with van der Waals surface area (Å²) >= 11 is 1.48. The number of hydrogen-bond donors (Lipinski definition) is 1. The molecule has 0 unspecified atom stereocenters. The number of carbonyl (C=O) groups is 2. The highest BCUT2D eigenvalue weighted by Crippen LogP contribution is 2.37. The molecule has 0 aliphatic carbocycles. The van der Waals surface area contributed by atoms with Crippen molar-refractivity contribution in [3.8, 4) is 21.9 Å². The molecule has 0 bridgehead atoms. The Morgan fingerprint density at radius 3 is 2.62 bits per heavy atom. The second-order valence-electron chi connectivity index (χ2n) is 7.96. The average Bonchev–Trinajstić information content (AvgIpc) is 3.48. The summed E-state index contributed by atoms with van der Waals surface area (Å²) in [5.74, 6) is 1.41. The normalized spacial score (nSPS) is 16.1. The van der Waals surface area contributed by atoms with Gasteiger partial charge in [-0.05, 0) is 48.7 Å². The number of hydrogen-bond acceptors (Lipinski definition) is 6. The van der Waals surface area contributed by atoms with Crippen LogP contribution in [0, 0.1) is 0 Å². The SMILES string of the molecule is Cn1cc(C(=O)NC2CCN(C(=O)c3ccc(-c4ccc5c(c4)OCCO5)s3)CC2)cn1. The van der Waals surface area contributed by atoms with Crippen molar-refractivity contribution in [1.29, 1.82) is 0 Å². The molecule has 166 valence electrons. The number of nitrogens with one attached hydrogen (secondary N) is 1. The Morgan fingerprint density at radius 2 is 1.88 bits per heavy atom. The molecular weight excluding hydrogens is 428 g/mol. The molecule has 0 atom stereocenters. The maximum atomic E-state index is 13.0. The Balaban J connectivity index is 1.19. The molecular formula is C23H24N4O4S. The third kappa shape index (κ3) is 4.20. The second kappa shape index (κ2) is 8.66. The van der Waals surface area contributed by atoms with E-state index < -0.39 is 0 Å². The molecule has 1 aromatic carbocycles. The van der Waals surface area contributed by atoms with E-state index in [0.717, 1.165) is 34.8 Å². The number of aromatic nitrogens is 2. The molecule has 2 amide bonds. The first-order valence-corrected chi connectivity index (χ1v) is 11.5. The largest absolute Gasteiger partial charge is 0.486 e. The Labute approximate surface area is 189 Å². The number of likely N-dealkylation sites (tertiary alicyclic amines) is 1. The lowest BCUT2D eigenvalue weighted by molar-refractivity contribution is 0.0702. The van der Waals surface area contributed by atoms with Gasteiger partial charge in [0.1, 0.15) is 13.2 Å². The van der Waals surface area contributed by atoms with Crippen LogP contribution in [0.15, 0.2) is 42.7 Å². The lowest BCUT2D eigenvalue weighted by Gasteiger charge is -2.32. The van der Waals surface area contributed by atoms with E-state index in [1.807, 2.05) is 35.2 Å². The van der Waals surface area contributed by atoms with Crippen molar-refractivity contribution < 1.29 is 19.1 Å². The van der Waals surface area contributed by atoms with Crippen LogP contribution >= 0.6 is 11.3 Å². The number of fused-ring (bicyclic) bond motifs is 1. The van der Waals surface area contributed by atoms with Crippen LogP contribution in [0.25, 0.3) is 10.4 Å². The fraction of sp³-hybridized carbons (Fsp3) is 0.348. The van der Waals surface area contributed by atoms with Crippen molar-refractivity contribution in [1.82, 2.24) is 20.0 Å². The number of ether oxygens (including phenoxy) is 2. The van der Waals surface area contributed by atoms with E-state index in [4.69, 9.17) is 9.47 Å². The van der Waals surface area contributed by atoms with E-state index in [1.165, 1.54) is 11.3 Å². The van der Waals surface area contributed by atoms with E-state index in [2.05, 4.69) is 10.4 Å². The molecule has 0 spiro atoms. The fourth-order valence-electron chi connectivity index (χ4n) is 3.99. The maximum Gasteiger partial charge on any atom is 0.263 e. The Bertz CT molecular complexity index is 1150. The van der Waals surface area contributed by atoms with Crippen LogP contribution in [-0.4, -0.2) is 58.8 Å². The van der Waals surface area contributed by atoms with Crippen molar-refractivity contribution in [3.05, 3.63) is 53.2 Å². The number of amides is 2. The molecule has 2 aliphatic rings. The number of rotatable bonds is 4. The zero-order valence-electron chi connectivity index (χ0n) is 17.7. The van der Waals surface area contributed by atoms with Gasteiger partial charge in [0.15, 0.2) is 11.5 Å². The van der Waals surface area contributed by atoms with Gasteiger partial charge in [0.05, 0.1) is 16.6 Å². The minimum Gasteiger partial charge on any atom is -0.486 e. The highest BCUT2D eigenvalue weighted by Gasteiger charge is 2.26. The quantitative estimate of drug-likeness (QED) is 0.658. The smallest absolute Gasteiger partial charge is 0.263 e. The molecule has 1 N–H and O–H groups in total. The number of carbonyl (C=O) groups excluding carboxylic acids is 2. The van der Waals surface area contributed by atoms with E-state index in [0.29, 0.717) is 36.7 Å². The van der Waals surface area contributed by atoms with Gasteiger partial charge in [-0.2, -0.15) is 5.10 Å². The maximum absolute atomic E-state index is 13.0. The molecule has 0 saturated carbocycles. The van der Waals surface area contributed by atoms with Crippen LogP contribution in [-0.2, 0) is 7.05 Å². The van der Waals surface area contributed by atoms with Crippen molar-refractivity contribution in [2.24, 2.45) is 7.05 Å². The Kier molecular flexibility index (Phi) is 5.57. The van der Waals surface area contributed by atoms with Gasteiger partial charge in [0.2, 0.25) is 0 Å². The zero-order chi connectivity index (χ0) is 22.1. The topological polar surface area (TPSA) is 85.7 Å². The summed E-state index contributed by atoms with van der Waals surface area (Å²) in [5, 5.41) is 7.08. The minimum atomic E-state index is -0.120. The molecule has 5 rings (SSSR count). The molecule has 32 heavy (non-hydrogen) atoms. The van der Waals surface area contributed by atoms with Gasteiger partial charge in [-0.25, -0.2) is 0 Å². The van der Waals surface area contributed by atoms with E-state index in [-0.39, 0.29) is 17.9 Å². The zero-order valence-corrected chi connectivity index (χ0v) is 18.6. The van der Waals surface area contributed by atoms with Crippen LogP contribution in [0.2, 0.25) is 0 Å². The lowest BCUT2D eigenvalue weighted by atomic mass is 10.0. The number of aryl methyl sites for hydroxylation is 1. The predicted molar refractivity (Wildman–Crippen MR) is 120 cm³/mol. The van der Waals surface area contributed by atoms with Crippen LogP contribution < -0.4 is 14.8 Å². The lowest BCUT2D eigenvalue weighted by Crippen LogP contribution is -2.46. The van der Waals surface area contributed by atoms with Gasteiger partial charge in [-0.3, -0.25) is 14.3 Å². The molecule has 2 aromatic heterocycles. The van der Waals surface area contributed by atoms with E-state index >= 15 is 0 Å². The number of thiophene rings is 1. The summed E-state index contributed by atoms with van der Waals surface area (Å²) in [6.45, 7) is 2.35. The summed E-state index contributed by atoms with van der Waals surface area (Å²) < 4.78 is 12.9. The summed E-state index contributed by atoms with van der Waals surface area (Å²) in [6.07, 6.45) is 4.73. The first-order valence-electron chi connectivity index (χ1n) is 10.7. The molecule has 8 nitrogen and oxygen atoms in total. The third-order valence-corrected chi connectivity index (χ3v) is 6.85. The molecule has 4 heterocycles. The van der Waals surface area contributed by atoms with Crippen molar-refractivity contribution >= 4 is 23.2 Å². The number of piperidine rings is 1. The second-order valence-corrected chi connectivity index (χ2v) is 9.05. The van der Waals surface area contributed by atoms with Gasteiger partial charge < -0.3 is 19.7 Å². The monoisotopic (exact) mass is 452 g/mol. The fourth-order valence-corrected chi connectivity index (χ4v) is 4.96. The van der Waals surface area contributed by atoms with Gasteiger partial charge >= 0.3 is 0 Å². The summed E-state index contributed by atoms with van der Waals surface area (Å²) in [7, 11) is 1.78. The molecule has 1 saturated heterocycles. The van der Waals surface area contributed by atoms with Crippen molar-refractivity contribution in [2.75, 3.05) is 26.3 Å². The molecule has 3 aromatic rings. The Morgan fingerprint density at radius 1 is 1.09 bits per heavy atom. The van der Waals surface area contributed by atoms with Crippen LogP contribution in [0.1, 0.15) is 32.9 Å². The predicted octanol–water partition coefficient (Wildman–Crippen LogP) is 2.95. The summed E-state index contributed by atoms with van der Waals surface area (Å²) in [6, 6.07) is 9.79. The van der Waals surface area contributed by atoms with Gasteiger partial charge in [0.25, 0.3) is 11.8 Å². The standard InChI is InChI=1S/C23H24N4O4S/c1-26-14-16(13-24-26)22(28)25-17-6-8-27(9-7-17)23(29)21-5-4-20(32-21)15-2-3-18-19(12-15)31-11-10-30-18/h2-5,12-14,17H,6-11H2,1H3,(H,25,28). The number of benzene rings is 1. The van der Waals surface area contributed by atoms with Crippen molar-refractivity contribution in [2.45, 2.75) is 18.9 Å². The van der Waals surface area contributed by atoms with Crippen molar-refractivity contribution in [3.63, 3.8) is 0 Å².